The monoisotopic (exact) mass is 335 g/mol. The van der Waals surface area contributed by atoms with Crippen LogP contribution in [0.4, 0.5) is 15.2 Å². The Bertz CT molecular complexity index is 701. The molecule has 0 atom stereocenters. The second-order valence-electron chi connectivity index (χ2n) is 5.52. The number of nitrogens with one attached hydrogen (secondary N) is 1. The smallest absolute Gasteiger partial charge is 0.259 e. The maximum atomic E-state index is 14.1. The number of nitrogens with zero attached hydrogens (tertiary/aromatic N) is 2. The van der Waals surface area contributed by atoms with E-state index in [1.807, 2.05) is 13.8 Å². The molecule has 0 saturated heterocycles. The molecule has 0 unspecified atom stereocenters. The van der Waals surface area contributed by atoms with Crippen molar-refractivity contribution in [1.29, 1.82) is 0 Å². The largest absolute Gasteiger partial charge is 0.324 e. The van der Waals surface area contributed by atoms with Crippen molar-refractivity contribution in [2.45, 2.75) is 20.3 Å². The molecule has 23 heavy (non-hydrogen) atoms. The van der Waals surface area contributed by atoms with E-state index in [0.29, 0.717) is 11.6 Å². The number of carbonyl (C=O) groups excluding carboxylic acids is 2. The van der Waals surface area contributed by atoms with Crippen molar-refractivity contribution < 1.29 is 14.0 Å². The quantitative estimate of drug-likeness (QED) is 0.909. The number of hydrogen-bond donors (Lipinski definition) is 1. The molecule has 5 nitrogen and oxygen atoms in total. The van der Waals surface area contributed by atoms with Gasteiger partial charge in [-0.3, -0.25) is 14.5 Å². The number of thiazole rings is 1. The minimum absolute atomic E-state index is 0.0732. The molecule has 0 bridgehead atoms. The molecular formula is C16H18FN3O2S. The highest BCUT2D eigenvalue weighted by molar-refractivity contribution is 7.13. The number of hydrogen-bond acceptors (Lipinski definition) is 4. The van der Waals surface area contributed by atoms with E-state index in [9.17, 15) is 14.0 Å². The normalized spacial score (nSPS) is 10.7. The molecule has 2 aromatic rings. The Hall–Kier alpha value is -2.28. The van der Waals surface area contributed by atoms with Crippen LogP contribution in [0.3, 0.4) is 0 Å². The first-order chi connectivity index (χ1) is 10.9. The van der Waals surface area contributed by atoms with Crippen LogP contribution in [-0.4, -0.2) is 23.8 Å². The van der Waals surface area contributed by atoms with Crippen LogP contribution in [0.2, 0.25) is 0 Å². The molecule has 1 aromatic heterocycles. The third-order valence-electron chi connectivity index (χ3n) is 3.09. The zero-order valence-corrected chi connectivity index (χ0v) is 14.0. The average molecular weight is 335 g/mol. The number of carbonyl (C=O) groups is 2. The molecular weight excluding hydrogens is 317 g/mol. The highest BCUT2D eigenvalue weighted by Gasteiger charge is 2.17. The minimum atomic E-state index is -0.638. The summed E-state index contributed by atoms with van der Waals surface area (Å²) in [5, 5.41) is 4.80. The fourth-order valence-electron chi connectivity index (χ4n) is 1.98. The first kappa shape index (κ1) is 17.1. The van der Waals surface area contributed by atoms with Crippen LogP contribution in [0.5, 0.6) is 0 Å². The maximum Gasteiger partial charge on any atom is 0.259 e. The highest BCUT2D eigenvalue weighted by Crippen LogP contribution is 2.21. The van der Waals surface area contributed by atoms with Crippen molar-refractivity contribution >= 4 is 34.0 Å². The van der Waals surface area contributed by atoms with Gasteiger partial charge in [-0.25, -0.2) is 9.37 Å². The van der Waals surface area contributed by atoms with Gasteiger partial charge in [0.15, 0.2) is 5.13 Å². The van der Waals surface area contributed by atoms with Gasteiger partial charge in [0, 0.05) is 30.6 Å². The van der Waals surface area contributed by atoms with Crippen molar-refractivity contribution in [2.24, 2.45) is 5.92 Å². The molecule has 1 N–H and O–H groups in total. The maximum absolute atomic E-state index is 14.1. The summed E-state index contributed by atoms with van der Waals surface area (Å²) in [4.78, 5) is 29.4. The molecule has 0 spiro atoms. The van der Waals surface area contributed by atoms with Crippen LogP contribution >= 0.6 is 11.3 Å². The van der Waals surface area contributed by atoms with Crippen LogP contribution in [0.1, 0.15) is 30.6 Å². The molecule has 122 valence electrons. The van der Waals surface area contributed by atoms with E-state index in [-0.39, 0.29) is 29.0 Å². The molecule has 0 radical (unpaired) electrons. The van der Waals surface area contributed by atoms with Crippen LogP contribution in [0.25, 0.3) is 0 Å². The highest BCUT2D eigenvalue weighted by atomic mass is 32.1. The number of rotatable bonds is 5. The van der Waals surface area contributed by atoms with Crippen molar-refractivity contribution in [3.05, 3.63) is 41.2 Å². The van der Waals surface area contributed by atoms with Gasteiger partial charge >= 0.3 is 0 Å². The molecule has 1 heterocycles. The van der Waals surface area contributed by atoms with E-state index in [1.165, 1.54) is 28.4 Å². The van der Waals surface area contributed by atoms with Gasteiger partial charge in [0.05, 0.1) is 5.69 Å². The van der Waals surface area contributed by atoms with Gasteiger partial charge in [0.1, 0.15) is 5.82 Å². The van der Waals surface area contributed by atoms with E-state index in [4.69, 9.17) is 0 Å². The number of amides is 2. The first-order valence-electron chi connectivity index (χ1n) is 7.15. The Morgan fingerprint density at radius 1 is 1.39 bits per heavy atom. The van der Waals surface area contributed by atoms with Crippen molar-refractivity contribution in [3.63, 3.8) is 0 Å². The van der Waals surface area contributed by atoms with Crippen molar-refractivity contribution in [1.82, 2.24) is 4.98 Å². The summed E-state index contributed by atoms with van der Waals surface area (Å²) < 4.78 is 14.1. The lowest BCUT2D eigenvalue weighted by Crippen LogP contribution is -2.26. The number of benzene rings is 1. The topological polar surface area (TPSA) is 62.3 Å². The lowest BCUT2D eigenvalue weighted by molar-refractivity contribution is -0.116. The van der Waals surface area contributed by atoms with Crippen LogP contribution in [-0.2, 0) is 4.79 Å². The van der Waals surface area contributed by atoms with Gasteiger partial charge in [0.2, 0.25) is 5.91 Å². The SMILES string of the molecule is CC(C)CC(=O)Nc1ccc(C(=O)N(C)c2nccs2)cc1F. The minimum Gasteiger partial charge on any atom is -0.324 e. The van der Waals surface area contributed by atoms with Crippen molar-refractivity contribution in [2.75, 3.05) is 17.3 Å². The van der Waals surface area contributed by atoms with Gasteiger partial charge in [-0.05, 0) is 24.1 Å². The lowest BCUT2D eigenvalue weighted by atomic mass is 10.1. The first-order valence-corrected chi connectivity index (χ1v) is 8.03. The Kier molecular flexibility index (Phi) is 5.44. The second kappa shape index (κ2) is 7.32. The van der Waals surface area contributed by atoms with Gasteiger partial charge < -0.3 is 5.32 Å². The lowest BCUT2D eigenvalue weighted by Gasteiger charge is -2.14. The van der Waals surface area contributed by atoms with Gasteiger partial charge in [-0.2, -0.15) is 0 Å². The molecule has 0 aliphatic rings. The summed E-state index contributed by atoms with van der Waals surface area (Å²) >= 11 is 1.32. The Morgan fingerprint density at radius 3 is 2.70 bits per heavy atom. The second-order valence-corrected chi connectivity index (χ2v) is 6.39. The predicted molar refractivity (Wildman–Crippen MR) is 89.3 cm³/mol. The molecule has 0 saturated carbocycles. The fourth-order valence-corrected chi connectivity index (χ4v) is 2.59. The molecule has 0 aliphatic heterocycles. The van der Waals surface area contributed by atoms with Crippen LogP contribution in [0, 0.1) is 11.7 Å². The Morgan fingerprint density at radius 2 is 2.13 bits per heavy atom. The van der Waals surface area contributed by atoms with Gasteiger partial charge in [-0.1, -0.05) is 13.8 Å². The molecule has 1 aromatic carbocycles. The van der Waals surface area contributed by atoms with Gasteiger partial charge in [-0.15, -0.1) is 11.3 Å². The average Bonchev–Trinajstić information content (AvgIpc) is 3.01. The van der Waals surface area contributed by atoms with E-state index in [2.05, 4.69) is 10.3 Å². The summed E-state index contributed by atoms with van der Waals surface area (Å²) in [6.07, 6.45) is 1.91. The standard InChI is InChI=1S/C16H18FN3O2S/c1-10(2)8-14(21)19-13-5-4-11(9-12(13)17)15(22)20(3)16-18-6-7-23-16/h4-7,9-10H,8H2,1-3H3,(H,19,21). The number of aromatic nitrogens is 1. The van der Waals surface area contributed by atoms with Crippen molar-refractivity contribution in [3.8, 4) is 0 Å². The number of anilines is 2. The fraction of sp³-hybridized carbons (Fsp3) is 0.312. The third-order valence-corrected chi connectivity index (χ3v) is 3.94. The molecule has 2 amide bonds. The summed E-state index contributed by atoms with van der Waals surface area (Å²) in [5.74, 6) is -1.07. The summed E-state index contributed by atoms with van der Waals surface area (Å²) in [7, 11) is 1.58. The van der Waals surface area contributed by atoms with Crippen LogP contribution < -0.4 is 10.2 Å². The van der Waals surface area contributed by atoms with Crippen LogP contribution in [0.15, 0.2) is 29.8 Å². The summed E-state index contributed by atoms with van der Waals surface area (Å²) in [6, 6.07) is 4.01. The Labute approximate surface area is 138 Å². The van der Waals surface area contributed by atoms with E-state index in [1.54, 1.807) is 18.6 Å². The van der Waals surface area contributed by atoms with E-state index < -0.39 is 5.82 Å². The Balaban J connectivity index is 2.12. The summed E-state index contributed by atoms with van der Waals surface area (Å²) in [6.45, 7) is 3.82. The summed E-state index contributed by atoms with van der Waals surface area (Å²) in [5.41, 5.74) is 0.270. The molecule has 0 fully saturated rings. The molecule has 2 rings (SSSR count). The molecule has 7 heteroatoms. The van der Waals surface area contributed by atoms with E-state index in [0.717, 1.165) is 6.07 Å². The third kappa shape index (κ3) is 4.35. The van der Waals surface area contributed by atoms with E-state index >= 15 is 0 Å². The zero-order valence-electron chi connectivity index (χ0n) is 13.2. The van der Waals surface area contributed by atoms with Gasteiger partial charge in [0.25, 0.3) is 5.91 Å². The zero-order chi connectivity index (χ0) is 17.0. The molecule has 0 aliphatic carbocycles. The predicted octanol–water partition coefficient (Wildman–Crippen LogP) is 3.54. The number of halogens is 1.